The van der Waals surface area contributed by atoms with E-state index in [-0.39, 0.29) is 42.7 Å². The Bertz CT molecular complexity index is 1400. The predicted molar refractivity (Wildman–Crippen MR) is 134 cm³/mol. The van der Waals surface area contributed by atoms with Crippen LogP contribution in [0.1, 0.15) is 55.3 Å². The molecule has 0 radical (unpaired) electrons. The summed E-state index contributed by atoms with van der Waals surface area (Å²) in [7, 11) is 0. The Balaban J connectivity index is 1.39. The maximum atomic E-state index is 15.4. The zero-order chi connectivity index (χ0) is 26.4. The Morgan fingerprint density at radius 3 is 2.68 bits per heavy atom. The first-order valence-corrected chi connectivity index (χ1v) is 12.5. The molecule has 2 aromatic heterocycles. The highest BCUT2D eigenvalue weighted by Gasteiger charge is 2.47. The van der Waals surface area contributed by atoms with Crippen molar-refractivity contribution >= 4 is 34.5 Å². The van der Waals surface area contributed by atoms with Crippen LogP contribution in [0.25, 0.3) is 11.0 Å². The van der Waals surface area contributed by atoms with E-state index >= 15 is 8.78 Å². The molecule has 2 fully saturated rings. The number of benzene rings is 1. The third-order valence-corrected chi connectivity index (χ3v) is 7.75. The summed E-state index contributed by atoms with van der Waals surface area (Å²) in [5.41, 5.74) is 0.924. The number of nitriles is 1. The van der Waals surface area contributed by atoms with Crippen LogP contribution in [0.5, 0.6) is 0 Å². The Hall–Kier alpha value is -3.58. The Morgan fingerprint density at radius 1 is 1.30 bits per heavy atom. The van der Waals surface area contributed by atoms with Crippen molar-refractivity contribution in [3.05, 3.63) is 58.5 Å². The summed E-state index contributed by atoms with van der Waals surface area (Å²) in [6.07, 6.45) is 1.90. The number of likely N-dealkylation sites (tertiary alicyclic amines) is 1. The van der Waals surface area contributed by atoms with Crippen molar-refractivity contribution in [1.82, 2.24) is 19.9 Å². The lowest BCUT2D eigenvalue weighted by Crippen LogP contribution is -2.41. The molecule has 37 heavy (non-hydrogen) atoms. The first kappa shape index (κ1) is 25.1. The number of carbonyl (C=O) groups is 1. The van der Waals surface area contributed by atoms with Crippen LogP contribution in [0.4, 0.5) is 19.4 Å². The third-order valence-electron chi connectivity index (χ3n) is 7.46. The van der Waals surface area contributed by atoms with Gasteiger partial charge in [0.1, 0.15) is 17.3 Å². The lowest BCUT2D eigenvalue weighted by atomic mass is 9.85. The molecule has 3 heterocycles. The Morgan fingerprint density at radius 2 is 2.03 bits per heavy atom. The van der Waals surface area contributed by atoms with Gasteiger partial charge in [0.05, 0.1) is 16.9 Å². The van der Waals surface area contributed by atoms with Gasteiger partial charge < -0.3 is 15.3 Å². The second-order valence-corrected chi connectivity index (χ2v) is 10.1. The van der Waals surface area contributed by atoms with Crippen molar-refractivity contribution in [2.45, 2.75) is 50.0 Å². The number of hydrogen-bond donors (Lipinski definition) is 2. The fourth-order valence-corrected chi connectivity index (χ4v) is 5.27. The van der Waals surface area contributed by atoms with E-state index in [2.05, 4.69) is 26.3 Å². The normalized spacial score (nSPS) is 18.3. The summed E-state index contributed by atoms with van der Waals surface area (Å²) in [4.78, 5) is 25.2. The molecule has 11 heteroatoms. The summed E-state index contributed by atoms with van der Waals surface area (Å²) in [5.74, 6) is -3.56. The molecular formula is C26H25ClF2N6O2. The van der Waals surface area contributed by atoms with E-state index in [1.165, 1.54) is 23.4 Å². The van der Waals surface area contributed by atoms with Gasteiger partial charge in [0.15, 0.2) is 5.65 Å². The molecule has 1 aromatic carbocycles. The topological polar surface area (TPSA) is 115 Å². The number of hydrogen-bond acceptors (Lipinski definition) is 6. The highest BCUT2D eigenvalue weighted by Crippen LogP contribution is 2.50. The molecule has 1 aliphatic carbocycles. The van der Waals surface area contributed by atoms with Crippen LogP contribution in [-0.4, -0.2) is 44.1 Å². The fourth-order valence-electron chi connectivity index (χ4n) is 4.96. The molecule has 2 N–H and O–H groups in total. The summed E-state index contributed by atoms with van der Waals surface area (Å²) in [6.45, 7) is 2.04. The number of nitrogens with zero attached hydrogens (tertiary/aromatic N) is 5. The van der Waals surface area contributed by atoms with Gasteiger partial charge in [0, 0.05) is 36.2 Å². The molecular weight excluding hydrogens is 502 g/mol. The van der Waals surface area contributed by atoms with Gasteiger partial charge in [-0.15, -0.1) is 0 Å². The van der Waals surface area contributed by atoms with Crippen molar-refractivity contribution in [2.24, 2.45) is 5.92 Å². The van der Waals surface area contributed by atoms with Gasteiger partial charge in [0.2, 0.25) is 0 Å². The molecule has 1 atom stereocenters. The van der Waals surface area contributed by atoms with E-state index in [9.17, 15) is 10.1 Å². The van der Waals surface area contributed by atoms with Gasteiger partial charge in [-0.2, -0.15) is 5.26 Å². The number of carboxylic acid groups (broad SMARTS) is 1. The zero-order valence-electron chi connectivity index (χ0n) is 20.1. The van der Waals surface area contributed by atoms with E-state index < -0.39 is 23.3 Å². The predicted octanol–water partition coefficient (Wildman–Crippen LogP) is 5.89. The zero-order valence-corrected chi connectivity index (χ0v) is 20.8. The van der Waals surface area contributed by atoms with Crippen LogP contribution in [0, 0.1) is 17.2 Å². The number of piperidine rings is 1. The molecule has 1 aliphatic heterocycles. The van der Waals surface area contributed by atoms with E-state index in [0.29, 0.717) is 40.8 Å². The van der Waals surface area contributed by atoms with Crippen molar-refractivity contribution in [1.29, 1.82) is 5.26 Å². The molecule has 5 rings (SSSR count). The molecule has 1 saturated heterocycles. The van der Waals surface area contributed by atoms with Gasteiger partial charge in [-0.3, -0.25) is 0 Å². The smallest absolute Gasteiger partial charge is 0.407 e. The van der Waals surface area contributed by atoms with Crippen molar-refractivity contribution in [3.8, 4) is 6.07 Å². The fraction of sp³-hybridized carbons (Fsp3) is 0.423. The number of nitrogens with one attached hydrogen (secondary N) is 1. The molecule has 1 unspecified atom stereocenters. The van der Waals surface area contributed by atoms with Crippen LogP contribution in [0.15, 0.2) is 36.7 Å². The molecule has 1 saturated carbocycles. The summed E-state index contributed by atoms with van der Waals surface area (Å²) >= 11 is 6.36. The lowest BCUT2D eigenvalue weighted by molar-refractivity contribution is -0.0836. The number of fused-ring (bicyclic) bond motifs is 1. The van der Waals surface area contributed by atoms with Crippen LogP contribution >= 0.6 is 11.6 Å². The summed E-state index contributed by atoms with van der Waals surface area (Å²) < 4.78 is 30.9. The quantitative estimate of drug-likeness (QED) is 0.385. The van der Waals surface area contributed by atoms with Crippen molar-refractivity contribution in [2.75, 3.05) is 18.4 Å². The number of anilines is 1. The van der Waals surface area contributed by atoms with Crippen LogP contribution in [0.2, 0.25) is 5.15 Å². The summed E-state index contributed by atoms with van der Waals surface area (Å²) in [6, 6.07) is 10.0. The SMILES string of the molecule is CC(Nc1ncnc2nc(Cl)c(C3(C#N)CC3)cc12)c1cccc(C(F)(F)C2CCN(C(=O)O)CC2)c1. The minimum atomic E-state index is -3.09. The largest absolute Gasteiger partial charge is 0.465 e. The standard InChI is InChI=1S/C26H25ClF2N6O2/c1-15(16-3-2-4-18(11-16)26(28,29)17-5-9-35(10-6-17)24(36)37)33-22-19-12-20(25(13-30)7-8-25)21(27)34-23(19)32-14-31-22/h2-4,11-12,14-15,17H,5-10H2,1H3,(H,36,37)(H,31,32,33,34). The van der Waals surface area contributed by atoms with Crippen LogP contribution in [-0.2, 0) is 11.3 Å². The minimum Gasteiger partial charge on any atom is -0.465 e. The number of rotatable bonds is 6. The Kier molecular flexibility index (Phi) is 6.36. The van der Waals surface area contributed by atoms with Crippen molar-refractivity contribution in [3.63, 3.8) is 0 Å². The molecule has 8 nitrogen and oxygen atoms in total. The average Bonchev–Trinajstić information content (AvgIpc) is 3.69. The second kappa shape index (κ2) is 9.38. The maximum Gasteiger partial charge on any atom is 0.407 e. The van der Waals surface area contributed by atoms with E-state index in [0.717, 1.165) is 0 Å². The number of aromatic nitrogens is 3. The first-order valence-electron chi connectivity index (χ1n) is 12.1. The number of alkyl halides is 2. The third kappa shape index (κ3) is 4.64. The lowest BCUT2D eigenvalue weighted by Gasteiger charge is -2.35. The van der Waals surface area contributed by atoms with Crippen LogP contribution < -0.4 is 5.32 Å². The van der Waals surface area contributed by atoms with Gasteiger partial charge in [0.25, 0.3) is 5.92 Å². The first-order chi connectivity index (χ1) is 17.6. The highest BCUT2D eigenvalue weighted by molar-refractivity contribution is 6.30. The number of halogens is 3. The van der Waals surface area contributed by atoms with Gasteiger partial charge >= 0.3 is 6.09 Å². The molecule has 0 spiro atoms. The number of pyridine rings is 1. The summed E-state index contributed by atoms with van der Waals surface area (Å²) in [5, 5.41) is 22.9. The molecule has 1 amide bonds. The number of amides is 1. The highest BCUT2D eigenvalue weighted by atomic mass is 35.5. The van der Waals surface area contributed by atoms with E-state index in [1.54, 1.807) is 18.2 Å². The maximum absolute atomic E-state index is 15.4. The van der Waals surface area contributed by atoms with Gasteiger partial charge in [-0.05, 0) is 50.3 Å². The Labute approximate surface area is 217 Å². The molecule has 192 valence electrons. The average molecular weight is 527 g/mol. The second-order valence-electron chi connectivity index (χ2n) is 9.77. The van der Waals surface area contributed by atoms with Crippen molar-refractivity contribution < 1.29 is 18.7 Å². The van der Waals surface area contributed by atoms with Gasteiger partial charge in [-0.25, -0.2) is 28.5 Å². The minimum absolute atomic E-state index is 0.0969. The monoisotopic (exact) mass is 526 g/mol. The van der Waals surface area contributed by atoms with Crippen LogP contribution in [0.3, 0.4) is 0 Å². The van der Waals surface area contributed by atoms with E-state index in [4.69, 9.17) is 16.7 Å². The molecule has 0 bridgehead atoms. The van der Waals surface area contributed by atoms with Gasteiger partial charge in [-0.1, -0.05) is 29.8 Å². The molecule has 3 aromatic rings. The molecule has 2 aliphatic rings. The van der Waals surface area contributed by atoms with E-state index in [1.807, 2.05) is 6.92 Å².